The van der Waals surface area contributed by atoms with Crippen molar-refractivity contribution in [3.8, 4) is 11.5 Å². The van der Waals surface area contributed by atoms with Crippen LogP contribution in [0.5, 0.6) is 11.5 Å². The molecular weight excluding hydrogens is 276 g/mol. The summed E-state index contributed by atoms with van der Waals surface area (Å²) >= 11 is 1.12. The number of hydrogen-bond acceptors (Lipinski definition) is 5. The molecule has 0 bridgehead atoms. The van der Waals surface area contributed by atoms with Crippen LogP contribution in [0.4, 0.5) is 0 Å². The van der Waals surface area contributed by atoms with E-state index in [1.807, 2.05) is 0 Å². The van der Waals surface area contributed by atoms with Gasteiger partial charge in [0.2, 0.25) is 0 Å². The molecule has 1 amide bonds. The number of nitrogens with zero attached hydrogens (tertiary/aromatic N) is 1. The minimum Gasteiger partial charge on any atom is -0.504 e. The first-order valence-electron chi connectivity index (χ1n) is 5.84. The number of phenolic OH excluding ortho intramolecular Hbond substituents is 1. The summed E-state index contributed by atoms with van der Waals surface area (Å²) in [5.74, 6) is 0.0704. The molecule has 0 saturated carbocycles. The molecule has 0 unspecified atom stereocenters. The molecule has 0 aromatic heterocycles. The van der Waals surface area contributed by atoms with Gasteiger partial charge in [-0.2, -0.15) is 4.99 Å². The number of phenols is 1. The van der Waals surface area contributed by atoms with E-state index in [0.717, 1.165) is 17.3 Å². The van der Waals surface area contributed by atoms with Crippen LogP contribution in [0.2, 0.25) is 0 Å². The molecule has 3 N–H and O–H groups in total. The molecule has 2 rings (SSSR count). The molecule has 0 radical (unpaired) electrons. The van der Waals surface area contributed by atoms with Gasteiger partial charge < -0.3 is 15.6 Å². The summed E-state index contributed by atoms with van der Waals surface area (Å²) in [6.07, 6.45) is 3.85. The number of aromatic hydroxyl groups is 1. The van der Waals surface area contributed by atoms with Crippen molar-refractivity contribution >= 4 is 28.9 Å². The van der Waals surface area contributed by atoms with Gasteiger partial charge >= 0.3 is 0 Å². The highest BCUT2D eigenvalue weighted by Crippen LogP contribution is 2.34. The van der Waals surface area contributed by atoms with E-state index in [9.17, 15) is 9.90 Å². The van der Waals surface area contributed by atoms with Crippen molar-refractivity contribution in [2.24, 2.45) is 10.7 Å². The number of aliphatic imine (C=N–C) groups is 1. The summed E-state index contributed by atoms with van der Waals surface area (Å²) in [7, 11) is 1.47. The van der Waals surface area contributed by atoms with Crippen LogP contribution < -0.4 is 10.5 Å². The van der Waals surface area contributed by atoms with Gasteiger partial charge in [0.05, 0.1) is 12.0 Å². The monoisotopic (exact) mass is 290 g/mol. The quantitative estimate of drug-likeness (QED) is 0.655. The summed E-state index contributed by atoms with van der Waals surface area (Å²) in [5.41, 5.74) is 6.91. The Labute approximate surface area is 120 Å². The highest BCUT2D eigenvalue weighted by atomic mass is 32.2. The first-order valence-corrected chi connectivity index (χ1v) is 6.65. The molecule has 20 heavy (non-hydrogen) atoms. The normalized spacial score (nSPS) is 16.4. The molecule has 1 aromatic carbocycles. The predicted molar refractivity (Wildman–Crippen MR) is 80.8 cm³/mol. The van der Waals surface area contributed by atoms with Crippen LogP contribution in [0.25, 0.3) is 6.08 Å². The number of nitrogens with two attached hydrogens (primary N) is 1. The summed E-state index contributed by atoms with van der Waals surface area (Å²) in [6, 6.07) is 3.42. The maximum absolute atomic E-state index is 11.6. The van der Waals surface area contributed by atoms with Crippen molar-refractivity contribution < 1.29 is 14.6 Å². The second-order valence-electron chi connectivity index (χ2n) is 4.09. The Morgan fingerprint density at radius 2 is 2.30 bits per heavy atom. The topological polar surface area (TPSA) is 84.9 Å². The minimum absolute atomic E-state index is 0.0794. The second-order valence-corrected chi connectivity index (χ2v) is 5.15. The first kappa shape index (κ1) is 14.2. The van der Waals surface area contributed by atoms with Crippen LogP contribution in [0.15, 0.2) is 34.7 Å². The lowest BCUT2D eigenvalue weighted by Crippen LogP contribution is -2.01. The maximum Gasteiger partial charge on any atom is 0.286 e. The molecule has 0 saturated heterocycles. The molecule has 0 aliphatic carbocycles. The summed E-state index contributed by atoms with van der Waals surface area (Å²) in [4.78, 5) is 15.7. The van der Waals surface area contributed by atoms with Gasteiger partial charge in [-0.1, -0.05) is 6.08 Å². The Hall–Kier alpha value is -2.21. The average Bonchev–Trinajstić information content (AvgIpc) is 2.71. The van der Waals surface area contributed by atoms with E-state index in [4.69, 9.17) is 10.5 Å². The van der Waals surface area contributed by atoms with E-state index in [1.165, 1.54) is 7.11 Å². The zero-order chi connectivity index (χ0) is 14.7. The van der Waals surface area contributed by atoms with E-state index in [1.54, 1.807) is 24.3 Å². The van der Waals surface area contributed by atoms with Gasteiger partial charge in [0, 0.05) is 5.56 Å². The third-order valence-corrected chi connectivity index (χ3v) is 3.51. The number of amidine groups is 1. The van der Waals surface area contributed by atoms with Gasteiger partial charge in [-0.05, 0) is 42.0 Å². The van der Waals surface area contributed by atoms with Crippen LogP contribution in [-0.2, 0) is 11.2 Å². The van der Waals surface area contributed by atoms with Gasteiger partial charge in [-0.25, -0.2) is 0 Å². The third kappa shape index (κ3) is 2.85. The molecule has 6 heteroatoms. The Morgan fingerprint density at radius 1 is 1.55 bits per heavy atom. The number of rotatable bonds is 4. The van der Waals surface area contributed by atoms with Crippen LogP contribution in [-0.4, -0.2) is 23.3 Å². The van der Waals surface area contributed by atoms with Gasteiger partial charge in [0.1, 0.15) is 0 Å². The second kappa shape index (κ2) is 5.83. The van der Waals surface area contributed by atoms with Crippen molar-refractivity contribution in [1.29, 1.82) is 0 Å². The van der Waals surface area contributed by atoms with Crippen molar-refractivity contribution in [3.63, 3.8) is 0 Å². The molecule has 5 nitrogen and oxygen atoms in total. The summed E-state index contributed by atoms with van der Waals surface area (Å²) in [5, 5.41) is 10.2. The zero-order valence-corrected chi connectivity index (χ0v) is 11.7. The number of benzene rings is 1. The van der Waals surface area contributed by atoms with Crippen LogP contribution in [0.3, 0.4) is 0 Å². The maximum atomic E-state index is 11.6. The van der Waals surface area contributed by atoms with Crippen LogP contribution >= 0.6 is 11.8 Å². The zero-order valence-electron chi connectivity index (χ0n) is 10.9. The van der Waals surface area contributed by atoms with E-state index in [-0.39, 0.29) is 16.8 Å². The number of allylic oxidation sites excluding steroid dienone is 1. The standard InChI is InChI=1S/C14H14N2O3S/c1-3-4-9-5-8(6-10(19-2)12(9)17)7-11-13(18)16-14(15)20-11/h3,5-7,17H,1,4H2,2H3,(H2,15,16,18). The first-order chi connectivity index (χ1) is 9.55. The number of carbonyl (C=O) groups excluding carboxylic acids is 1. The van der Waals surface area contributed by atoms with Crippen LogP contribution in [0, 0.1) is 0 Å². The fourth-order valence-corrected chi connectivity index (χ4v) is 2.50. The van der Waals surface area contributed by atoms with E-state index in [2.05, 4.69) is 11.6 Å². The van der Waals surface area contributed by atoms with Gasteiger partial charge in [0.25, 0.3) is 5.91 Å². The van der Waals surface area contributed by atoms with E-state index >= 15 is 0 Å². The Balaban J connectivity index is 2.42. The summed E-state index contributed by atoms with van der Waals surface area (Å²) < 4.78 is 5.13. The average molecular weight is 290 g/mol. The lowest BCUT2D eigenvalue weighted by molar-refractivity contribution is -0.113. The lowest BCUT2D eigenvalue weighted by atomic mass is 10.1. The lowest BCUT2D eigenvalue weighted by Gasteiger charge is -2.09. The van der Waals surface area contributed by atoms with E-state index in [0.29, 0.717) is 22.6 Å². The van der Waals surface area contributed by atoms with Crippen LogP contribution in [0.1, 0.15) is 11.1 Å². The predicted octanol–water partition coefficient (Wildman–Crippen LogP) is 2.06. The summed E-state index contributed by atoms with van der Waals surface area (Å²) in [6.45, 7) is 3.65. The van der Waals surface area contributed by atoms with Crippen molar-refractivity contribution in [2.45, 2.75) is 6.42 Å². The number of amides is 1. The van der Waals surface area contributed by atoms with Crippen molar-refractivity contribution in [3.05, 3.63) is 40.8 Å². The number of carbonyl (C=O) groups is 1. The third-order valence-electron chi connectivity index (χ3n) is 2.70. The minimum atomic E-state index is -0.357. The molecule has 1 heterocycles. The molecule has 1 aliphatic heterocycles. The molecule has 1 aromatic rings. The van der Waals surface area contributed by atoms with Gasteiger partial charge in [-0.3, -0.25) is 4.79 Å². The highest BCUT2D eigenvalue weighted by molar-refractivity contribution is 8.18. The molecular formula is C14H14N2O3S. The fraction of sp³-hybridized carbons (Fsp3) is 0.143. The number of thioether (sulfide) groups is 1. The highest BCUT2D eigenvalue weighted by Gasteiger charge is 2.20. The molecule has 0 spiro atoms. The smallest absolute Gasteiger partial charge is 0.286 e. The number of ether oxygens (including phenoxy) is 1. The largest absolute Gasteiger partial charge is 0.504 e. The molecule has 0 atom stereocenters. The van der Waals surface area contributed by atoms with Gasteiger partial charge in [-0.15, -0.1) is 6.58 Å². The van der Waals surface area contributed by atoms with E-state index < -0.39 is 0 Å². The Kier molecular flexibility index (Phi) is 4.14. The Bertz CT molecular complexity index is 636. The van der Waals surface area contributed by atoms with Crippen molar-refractivity contribution in [2.75, 3.05) is 7.11 Å². The Morgan fingerprint density at radius 3 is 2.85 bits per heavy atom. The molecule has 1 aliphatic rings. The molecule has 0 fully saturated rings. The fourth-order valence-electron chi connectivity index (χ4n) is 1.82. The SMILES string of the molecule is C=CCc1cc(C=C2SC(N)=NC2=O)cc(OC)c1O. The van der Waals surface area contributed by atoms with Gasteiger partial charge in [0.15, 0.2) is 16.7 Å². The van der Waals surface area contributed by atoms with Crippen molar-refractivity contribution in [1.82, 2.24) is 0 Å². The molecule has 104 valence electrons. The number of methoxy groups -OCH3 is 1. The number of hydrogen-bond donors (Lipinski definition) is 2.